The van der Waals surface area contributed by atoms with Crippen molar-refractivity contribution in [2.24, 2.45) is 0 Å². The highest BCUT2D eigenvalue weighted by molar-refractivity contribution is 9.10. The predicted molar refractivity (Wildman–Crippen MR) is 74.4 cm³/mol. The van der Waals surface area contributed by atoms with Crippen LogP contribution in [0.2, 0.25) is 5.02 Å². The maximum atomic E-state index is 11.8. The Hall–Kier alpha value is -1.07. The Balaban J connectivity index is 2.99. The number of amides is 1. The maximum absolute atomic E-state index is 11.8. The fourth-order valence-electron chi connectivity index (χ4n) is 1.15. The third-order valence-corrected chi connectivity index (χ3v) is 2.86. The molecule has 0 saturated heterocycles. The van der Waals surface area contributed by atoms with Gasteiger partial charge in [-0.05, 0) is 32.0 Å². The van der Waals surface area contributed by atoms with Gasteiger partial charge in [0.05, 0.1) is 22.0 Å². The van der Waals surface area contributed by atoms with Crippen LogP contribution in [0.25, 0.3) is 0 Å². The highest BCUT2D eigenvalue weighted by Gasteiger charge is 2.24. The lowest BCUT2D eigenvalue weighted by atomic mass is 10.1. The van der Waals surface area contributed by atoms with E-state index in [0.717, 1.165) is 0 Å². The van der Waals surface area contributed by atoms with Crippen LogP contribution < -0.4 is 5.32 Å². The molecular formula is C12H13BrClNO3. The fourth-order valence-corrected chi connectivity index (χ4v) is 1.44. The number of hydrogen-bond donors (Lipinski definition) is 1. The highest BCUT2D eigenvalue weighted by atomic mass is 79.9. The van der Waals surface area contributed by atoms with Crippen LogP contribution >= 0.6 is 27.5 Å². The maximum Gasteiger partial charge on any atom is 0.339 e. The van der Waals surface area contributed by atoms with Gasteiger partial charge in [-0.1, -0.05) is 27.5 Å². The summed E-state index contributed by atoms with van der Waals surface area (Å²) in [7, 11) is 1.27. The van der Waals surface area contributed by atoms with E-state index in [0.29, 0.717) is 5.69 Å². The molecule has 18 heavy (non-hydrogen) atoms. The molecule has 4 nitrogen and oxygen atoms in total. The SMILES string of the molecule is COC(=O)c1cc(NC(=O)C(C)(C)Br)ccc1Cl. The number of alkyl halides is 1. The second-order valence-electron chi connectivity index (χ2n) is 4.11. The monoisotopic (exact) mass is 333 g/mol. The van der Waals surface area contributed by atoms with Gasteiger partial charge in [-0.2, -0.15) is 0 Å². The lowest BCUT2D eigenvalue weighted by Gasteiger charge is -2.16. The van der Waals surface area contributed by atoms with Crippen LogP contribution in [0.5, 0.6) is 0 Å². The number of hydrogen-bond acceptors (Lipinski definition) is 3. The molecular weight excluding hydrogens is 321 g/mol. The Labute approximate surface area is 119 Å². The molecule has 0 spiro atoms. The molecule has 1 aromatic carbocycles. The number of methoxy groups -OCH3 is 1. The first-order chi connectivity index (χ1) is 8.25. The Morgan fingerprint density at radius 1 is 1.39 bits per heavy atom. The number of nitrogens with one attached hydrogen (secondary N) is 1. The Kier molecular flexibility index (Phi) is 4.76. The molecule has 0 unspecified atom stereocenters. The molecule has 0 bridgehead atoms. The minimum atomic E-state index is -0.696. The molecule has 1 N–H and O–H groups in total. The molecule has 6 heteroatoms. The van der Waals surface area contributed by atoms with Gasteiger partial charge >= 0.3 is 5.97 Å². The average Bonchev–Trinajstić information content (AvgIpc) is 2.29. The van der Waals surface area contributed by atoms with Crippen molar-refractivity contribution >= 4 is 45.1 Å². The first kappa shape index (κ1) is 15.0. The van der Waals surface area contributed by atoms with Crippen LogP contribution in [0.3, 0.4) is 0 Å². The van der Waals surface area contributed by atoms with E-state index in [2.05, 4.69) is 26.0 Å². The van der Waals surface area contributed by atoms with Gasteiger partial charge in [0.1, 0.15) is 0 Å². The molecule has 0 aliphatic rings. The van der Waals surface area contributed by atoms with Gasteiger partial charge in [0.15, 0.2) is 0 Å². The molecule has 0 saturated carbocycles. The number of carbonyl (C=O) groups is 2. The lowest BCUT2D eigenvalue weighted by molar-refractivity contribution is -0.117. The highest BCUT2D eigenvalue weighted by Crippen LogP contribution is 2.23. The summed E-state index contributed by atoms with van der Waals surface area (Å²) in [6.45, 7) is 3.44. The van der Waals surface area contributed by atoms with Crippen LogP contribution in [0, 0.1) is 0 Å². The summed E-state index contributed by atoms with van der Waals surface area (Å²) in [6, 6.07) is 4.63. The van der Waals surface area contributed by atoms with Crippen molar-refractivity contribution in [2.75, 3.05) is 12.4 Å². The summed E-state index contributed by atoms with van der Waals surface area (Å²) in [5.41, 5.74) is 0.696. The van der Waals surface area contributed by atoms with E-state index >= 15 is 0 Å². The first-order valence-electron chi connectivity index (χ1n) is 5.14. The number of ether oxygens (including phenoxy) is 1. The lowest BCUT2D eigenvalue weighted by Crippen LogP contribution is -2.31. The van der Waals surface area contributed by atoms with Gasteiger partial charge in [0.25, 0.3) is 0 Å². The zero-order valence-electron chi connectivity index (χ0n) is 10.2. The van der Waals surface area contributed by atoms with Crippen molar-refractivity contribution in [2.45, 2.75) is 18.2 Å². The van der Waals surface area contributed by atoms with Crippen molar-refractivity contribution in [3.05, 3.63) is 28.8 Å². The molecule has 0 aromatic heterocycles. The molecule has 0 radical (unpaired) electrons. The van der Waals surface area contributed by atoms with E-state index in [9.17, 15) is 9.59 Å². The number of anilines is 1. The van der Waals surface area contributed by atoms with Crippen LogP contribution in [0.1, 0.15) is 24.2 Å². The fraction of sp³-hybridized carbons (Fsp3) is 0.333. The molecule has 0 heterocycles. The predicted octanol–water partition coefficient (Wildman–Crippen LogP) is 3.24. The Morgan fingerprint density at radius 2 is 2.00 bits per heavy atom. The van der Waals surface area contributed by atoms with Gasteiger partial charge in [-0.15, -0.1) is 0 Å². The summed E-state index contributed by atoms with van der Waals surface area (Å²) in [4.78, 5) is 23.2. The smallest absolute Gasteiger partial charge is 0.339 e. The van der Waals surface area contributed by atoms with Gasteiger partial charge in [-0.25, -0.2) is 4.79 Å². The first-order valence-corrected chi connectivity index (χ1v) is 6.31. The Bertz CT molecular complexity index is 483. The molecule has 98 valence electrons. The van der Waals surface area contributed by atoms with Crippen LogP contribution in [0.15, 0.2) is 18.2 Å². The van der Waals surface area contributed by atoms with Crippen LogP contribution in [-0.2, 0) is 9.53 Å². The largest absolute Gasteiger partial charge is 0.465 e. The van der Waals surface area contributed by atoms with E-state index in [1.54, 1.807) is 19.9 Å². The standard InChI is InChI=1S/C12H13BrClNO3/c1-12(2,13)11(17)15-7-4-5-9(14)8(6-7)10(16)18-3/h4-6H,1-3H3,(H,15,17). The second-order valence-corrected chi connectivity index (χ2v) is 6.50. The van der Waals surface area contributed by atoms with Crippen molar-refractivity contribution < 1.29 is 14.3 Å². The van der Waals surface area contributed by atoms with Gasteiger partial charge in [0, 0.05) is 5.69 Å². The summed E-state index contributed by atoms with van der Waals surface area (Å²) in [6.07, 6.45) is 0. The van der Waals surface area contributed by atoms with Gasteiger partial charge in [0.2, 0.25) is 5.91 Å². The molecule has 0 atom stereocenters. The summed E-state index contributed by atoms with van der Waals surface area (Å²) in [5.74, 6) is -0.769. The molecule has 0 aliphatic carbocycles. The number of benzene rings is 1. The third-order valence-electron chi connectivity index (χ3n) is 2.17. The topological polar surface area (TPSA) is 55.4 Å². The summed E-state index contributed by atoms with van der Waals surface area (Å²) >= 11 is 9.12. The van der Waals surface area contributed by atoms with E-state index in [1.165, 1.54) is 19.2 Å². The van der Waals surface area contributed by atoms with Gasteiger partial charge < -0.3 is 10.1 Å². The van der Waals surface area contributed by atoms with Gasteiger partial charge in [-0.3, -0.25) is 4.79 Å². The number of esters is 1. The van der Waals surface area contributed by atoms with E-state index in [1.807, 2.05) is 0 Å². The minimum absolute atomic E-state index is 0.212. The average molecular weight is 335 g/mol. The van der Waals surface area contributed by atoms with E-state index < -0.39 is 10.3 Å². The van der Waals surface area contributed by atoms with Crippen molar-refractivity contribution in [3.63, 3.8) is 0 Å². The zero-order chi connectivity index (χ0) is 13.9. The number of rotatable bonds is 3. The zero-order valence-corrected chi connectivity index (χ0v) is 12.6. The Morgan fingerprint density at radius 3 is 2.50 bits per heavy atom. The molecule has 0 aliphatic heterocycles. The minimum Gasteiger partial charge on any atom is -0.465 e. The van der Waals surface area contributed by atoms with Crippen molar-refractivity contribution in [3.8, 4) is 0 Å². The number of carbonyl (C=O) groups excluding carboxylic acids is 2. The van der Waals surface area contributed by atoms with Crippen molar-refractivity contribution in [1.82, 2.24) is 0 Å². The van der Waals surface area contributed by atoms with Crippen LogP contribution in [-0.4, -0.2) is 23.3 Å². The van der Waals surface area contributed by atoms with E-state index in [4.69, 9.17) is 11.6 Å². The summed E-state index contributed by atoms with van der Waals surface area (Å²) < 4.78 is 3.90. The van der Waals surface area contributed by atoms with Crippen LogP contribution in [0.4, 0.5) is 5.69 Å². The van der Waals surface area contributed by atoms with Crippen molar-refractivity contribution in [1.29, 1.82) is 0 Å². The third kappa shape index (κ3) is 3.71. The molecule has 1 aromatic rings. The molecule has 1 rings (SSSR count). The normalized spacial score (nSPS) is 10.9. The summed E-state index contributed by atoms with van der Waals surface area (Å²) in [5, 5.41) is 2.95. The molecule has 0 fully saturated rings. The van der Waals surface area contributed by atoms with E-state index in [-0.39, 0.29) is 16.5 Å². The second kappa shape index (κ2) is 5.71. The molecule has 1 amide bonds. The number of halogens is 2. The quantitative estimate of drug-likeness (QED) is 0.682.